The zero-order valence-electron chi connectivity index (χ0n) is 21.7. The molecule has 1 aliphatic carbocycles. The lowest BCUT2D eigenvalue weighted by Crippen LogP contribution is -2.69. The van der Waals surface area contributed by atoms with Gasteiger partial charge in [0.25, 0.3) is 0 Å². The van der Waals surface area contributed by atoms with Gasteiger partial charge >= 0.3 is 5.97 Å². The number of aryl methyl sites for hydroxylation is 1. The van der Waals surface area contributed by atoms with Gasteiger partial charge in [-0.25, -0.2) is 4.79 Å². The van der Waals surface area contributed by atoms with Crippen LogP contribution in [0.2, 0.25) is 0 Å². The highest BCUT2D eigenvalue weighted by Crippen LogP contribution is 2.66. The normalized spacial score (nSPS) is 30.7. The van der Waals surface area contributed by atoms with Gasteiger partial charge in [0.1, 0.15) is 5.75 Å². The van der Waals surface area contributed by atoms with Crippen molar-refractivity contribution in [2.45, 2.75) is 68.5 Å². The number of benzene rings is 2. The van der Waals surface area contributed by atoms with E-state index < -0.39 is 17.5 Å². The summed E-state index contributed by atoms with van der Waals surface area (Å²) in [5.74, 6) is 0.261. The number of anilines is 1. The van der Waals surface area contributed by atoms with E-state index >= 15 is 0 Å². The number of ether oxygens (including phenoxy) is 2. The quantitative estimate of drug-likeness (QED) is 0.607. The van der Waals surface area contributed by atoms with Crippen LogP contribution in [-0.4, -0.2) is 67.4 Å². The number of methoxy groups -OCH3 is 2. The van der Waals surface area contributed by atoms with Crippen LogP contribution in [0.4, 0.5) is 5.69 Å². The Morgan fingerprint density at radius 1 is 1.05 bits per heavy atom. The maximum absolute atomic E-state index is 14.0. The van der Waals surface area contributed by atoms with Gasteiger partial charge in [-0.1, -0.05) is 42.5 Å². The van der Waals surface area contributed by atoms with Crippen LogP contribution in [0, 0.1) is 5.41 Å². The maximum atomic E-state index is 14.0. The van der Waals surface area contributed by atoms with Crippen molar-refractivity contribution in [1.29, 1.82) is 0 Å². The van der Waals surface area contributed by atoms with Crippen LogP contribution in [0.3, 0.4) is 0 Å². The van der Waals surface area contributed by atoms with Crippen molar-refractivity contribution in [3.05, 3.63) is 59.7 Å². The third kappa shape index (κ3) is 3.40. The van der Waals surface area contributed by atoms with Crippen LogP contribution in [-0.2, 0) is 26.2 Å². The first-order valence-corrected chi connectivity index (χ1v) is 13.5. The van der Waals surface area contributed by atoms with E-state index in [2.05, 4.69) is 23.1 Å². The number of amides is 1. The molecule has 196 valence electrons. The number of aliphatic hydroxyl groups is 1. The number of fused-ring (bicyclic) bond motifs is 1. The molecule has 2 aromatic rings. The number of para-hydroxylation sites is 1. The van der Waals surface area contributed by atoms with E-state index in [0.29, 0.717) is 25.0 Å². The highest BCUT2D eigenvalue weighted by Gasteiger charge is 2.71. The minimum absolute atomic E-state index is 0.0341. The summed E-state index contributed by atoms with van der Waals surface area (Å²) in [6.07, 6.45) is 3.93. The summed E-state index contributed by atoms with van der Waals surface area (Å²) in [6, 6.07) is 16.2. The second kappa shape index (κ2) is 9.14. The highest BCUT2D eigenvalue weighted by atomic mass is 16.5. The molecule has 2 saturated heterocycles. The first-order valence-electron chi connectivity index (χ1n) is 13.5. The van der Waals surface area contributed by atoms with Gasteiger partial charge in [-0.3, -0.25) is 9.69 Å². The Hall–Kier alpha value is -2.90. The zero-order valence-corrected chi connectivity index (χ0v) is 21.7. The van der Waals surface area contributed by atoms with Gasteiger partial charge in [-0.05, 0) is 68.8 Å². The SMILES string of the molecule is COC(=O)[C@H](O)[C@]12CCCN3CC[C@]4(c5cccc(OC)c5N(C(=O)CCc5ccccc5)[C@@H]4CC1)[C@H]32. The molecule has 7 nitrogen and oxygen atoms in total. The Labute approximate surface area is 218 Å². The van der Waals surface area contributed by atoms with Crippen molar-refractivity contribution in [2.24, 2.45) is 5.41 Å². The number of aliphatic hydroxyl groups excluding tert-OH is 1. The van der Waals surface area contributed by atoms with E-state index in [1.807, 2.05) is 35.2 Å². The predicted molar refractivity (Wildman–Crippen MR) is 140 cm³/mol. The summed E-state index contributed by atoms with van der Waals surface area (Å²) in [5, 5.41) is 11.4. The zero-order chi connectivity index (χ0) is 25.8. The van der Waals surface area contributed by atoms with Gasteiger partial charge in [0, 0.05) is 29.3 Å². The molecule has 5 atom stereocenters. The van der Waals surface area contributed by atoms with Crippen LogP contribution < -0.4 is 9.64 Å². The van der Waals surface area contributed by atoms with Crippen molar-refractivity contribution in [3.8, 4) is 5.75 Å². The second-order valence-electron chi connectivity index (χ2n) is 11.2. The number of rotatable bonds is 6. The number of esters is 1. The monoisotopic (exact) mass is 504 g/mol. The third-order valence-electron chi connectivity index (χ3n) is 9.76. The van der Waals surface area contributed by atoms with Crippen LogP contribution in [0.5, 0.6) is 5.75 Å². The van der Waals surface area contributed by atoms with Crippen molar-refractivity contribution in [2.75, 3.05) is 32.2 Å². The molecule has 1 amide bonds. The number of carbonyl (C=O) groups is 2. The first-order chi connectivity index (χ1) is 18.0. The minimum atomic E-state index is -1.18. The Balaban J connectivity index is 1.45. The second-order valence-corrected chi connectivity index (χ2v) is 11.2. The molecule has 0 aromatic heterocycles. The summed E-state index contributed by atoms with van der Waals surface area (Å²) in [5.41, 5.74) is 2.19. The molecule has 1 N–H and O–H groups in total. The Kier molecular flexibility index (Phi) is 6.03. The number of hydrogen-bond donors (Lipinski definition) is 1. The number of piperidine rings is 1. The Morgan fingerprint density at radius 3 is 2.62 bits per heavy atom. The number of hydrogen-bond acceptors (Lipinski definition) is 6. The standard InChI is InChI=1S/C30H36N2O5/c1-36-22-11-6-10-21-25(22)32(24(33)13-12-20-8-4-3-5-9-20)23-14-16-29(26(34)27(35)37-2)15-7-18-31-19-17-30(21,23)28(29)31/h3-6,8-11,23,26,28,34H,7,12-19H2,1-2H3/t23-,26+,28-,29+,30-/m1/s1. The number of nitrogens with zero attached hydrogens (tertiary/aromatic N) is 2. The smallest absolute Gasteiger partial charge is 0.335 e. The highest BCUT2D eigenvalue weighted by molar-refractivity contribution is 5.99. The fourth-order valence-corrected chi connectivity index (χ4v) is 8.43. The molecule has 6 rings (SSSR count). The molecule has 3 fully saturated rings. The van der Waals surface area contributed by atoms with Gasteiger partial charge in [0.2, 0.25) is 5.91 Å². The van der Waals surface area contributed by atoms with Crippen molar-refractivity contribution < 1.29 is 24.2 Å². The maximum Gasteiger partial charge on any atom is 0.335 e. The van der Waals surface area contributed by atoms with E-state index in [9.17, 15) is 14.7 Å². The summed E-state index contributed by atoms with van der Waals surface area (Å²) in [6.45, 7) is 1.83. The number of carbonyl (C=O) groups excluding carboxylic acids is 2. The molecule has 1 spiro atoms. The Morgan fingerprint density at radius 2 is 1.86 bits per heavy atom. The fourth-order valence-electron chi connectivity index (χ4n) is 8.43. The van der Waals surface area contributed by atoms with Crippen LogP contribution >= 0.6 is 0 Å². The van der Waals surface area contributed by atoms with E-state index in [4.69, 9.17) is 9.47 Å². The lowest BCUT2D eigenvalue weighted by molar-refractivity contribution is -0.172. The molecular weight excluding hydrogens is 468 g/mol. The van der Waals surface area contributed by atoms with Crippen LogP contribution in [0.15, 0.2) is 48.5 Å². The van der Waals surface area contributed by atoms with Gasteiger partial charge in [-0.15, -0.1) is 0 Å². The molecule has 7 heteroatoms. The molecule has 3 heterocycles. The van der Waals surface area contributed by atoms with Gasteiger partial charge in [0.05, 0.1) is 19.9 Å². The Bertz CT molecular complexity index is 1200. The fraction of sp³-hybridized carbons (Fsp3) is 0.533. The lowest BCUT2D eigenvalue weighted by atomic mass is 9.51. The lowest BCUT2D eigenvalue weighted by Gasteiger charge is -2.59. The van der Waals surface area contributed by atoms with Crippen molar-refractivity contribution in [3.63, 3.8) is 0 Å². The minimum Gasteiger partial charge on any atom is -0.495 e. The molecule has 2 aromatic carbocycles. The summed E-state index contributed by atoms with van der Waals surface area (Å²) in [7, 11) is 3.01. The van der Waals surface area contributed by atoms with Crippen LogP contribution in [0.25, 0.3) is 0 Å². The summed E-state index contributed by atoms with van der Waals surface area (Å²) >= 11 is 0. The molecular formula is C30H36N2O5. The first kappa shape index (κ1) is 24.4. The topological polar surface area (TPSA) is 79.3 Å². The summed E-state index contributed by atoms with van der Waals surface area (Å²) in [4.78, 5) is 31.3. The third-order valence-corrected chi connectivity index (χ3v) is 9.76. The molecule has 1 saturated carbocycles. The molecule has 37 heavy (non-hydrogen) atoms. The average Bonchev–Trinajstić information content (AvgIpc) is 3.48. The van der Waals surface area contributed by atoms with Crippen LogP contribution in [0.1, 0.15) is 49.7 Å². The molecule has 4 aliphatic rings. The van der Waals surface area contributed by atoms with Crippen molar-refractivity contribution in [1.82, 2.24) is 4.90 Å². The molecule has 0 unspecified atom stereocenters. The molecule has 3 aliphatic heterocycles. The van der Waals surface area contributed by atoms with Gasteiger partial charge < -0.3 is 19.5 Å². The van der Waals surface area contributed by atoms with E-state index in [1.165, 1.54) is 7.11 Å². The van der Waals surface area contributed by atoms with Crippen molar-refractivity contribution >= 4 is 17.6 Å². The largest absolute Gasteiger partial charge is 0.495 e. The van der Waals surface area contributed by atoms with Gasteiger partial charge in [0.15, 0.2) is 6.10 Å². The average molecular weight is 505 g/mol. The predicted octanol–water partition coefficient (Wildman–Crippen LogP) is 3.46. The summed E-state index contributed by atoms with van der Waals surface area (Å²) < 4.78 is 10.9. The van der Waals surface area contributed by atoms with E-state index in [0.717, 1.165) is 55.6 Å². The molecule has 0 bridgehead atoms. The van der Waals surface area contributed by atoms with Gasteiger partial charge in [-0.2, -0.15) is 0 Å². The van der Waals surface area contributed by atoms with E-state index in [1.54, 1.807) is 7.11 Å². The molecule has 0 radical (unpaired) electrons. The van der Waals surface area contributed by atoms with E-state index in [-0.39, 0.29) is 23.4 Å².